The quantitative estimate of drug-likeness (QED) is 0.419. The van der Waals surface area contributed by atoms with Crippen LogP contribution < -0.4 is 14.8 Å². The first kappa shape index (κ1) is 20.7. The van der Waals surface area contributed by atoms with Crippen LogP contribution in [0.1, 0.15) is 24.2 Å². The number of anilines is 1. The number of methoxy groups -OCH3 is 1. The fraction of sp³-hybridized carbons (Fsp3) is 0.263. The van der Waals surface area contributed by atoms with Crippen molar-refractivity contribution in [3.8, 4) is 11.5 Å². The summed E-state index contributed by atoms with van der Waals surface area (Å²) in [5, 5.41) is 13.4. The van der Waals surface area contributed by atoms with Crippen LogP contribution in [0.4, 0.5) is 11.4 Å². The van der Waals surface area contributed by atoms with Crippen LogP contribution in [0.15, 0.2) is 42.5 Å². The van der Waals surface area contributed by atoms with Gasteiger partial charge in [-0.2, -0.15) is 0 Å². The van der Waals surface area contributed by atoms with E-state index in [0.717, 1.165) is 0 Å². The Morgan fingerprint density at radius 1 is 1.18 bits per heavy atom. The molecule has 0 bridgehead atoms. The maximum atomic E-state index is 12.3. The summed E-state index contributed by atoms with van der Waals surface area (Å²) in [7, 11) is 1.44. The lowest BCUT2D eigenvalue weighted by Crippen LogP contribution is -2.30. The number of para-hydroxylation sites is 2. The minimum atomic E-state index is -1.18. The highest BCUT2D eigenvalue weighted by Gasteiger charge is 2.23. The maximum absolute atomic E-state index is 12.3. The van der Waals surface area contributed by atoms with Crippen LogP contribution in [0.3, 0.4) is 0 Å². The van der Waals surface area contributed by atoms with E-state index >= 15 is 0 Å². The van der Waals surface area contributed by atoms with Crippen molar-refractivity contribution in [3.05, 3.63) is 58.1 Å². The van der Waals surface area contributed by atoms with Crippen molar-refractivity contribution >= 4 is 23.3 Å². The third-order valence-corrected chi connectivity index (χ3v) is 3.71. The summed E-state index contributed by atoms with van der Waals surface area (Å²) in [6.45, 7) is 3.62. The Bertz CT molecular complexity index is 882. The molecule has 0 saturated heterocycles. The number of benzene rings is 2. The Morgan fingerprint density at radius 3 is 2.54 bits per heavy atom. The maximum Gasteiger partial charge on any atom is 0.339 e. The normalized spacial score (nSPS) is 11.2. The van der Waals surface area contributed by atoms with Crippen molar-refractivity contribution in [2.24, 2.45) is 0 Å². The number of nitrogens with one attached hydrogen (secondary N) is 1. The van der Waals surface area contributed by atoms with E-state index in [1.165, 1.54) is 44.4 Å². The molecule has 0 radical (unpaired) electrons. The van der Waals surface area contributed by atoms with Gasteiger partial charge >= 0.3 is 5.97 Å². The van der Waals surface area contributed by atoms with Gasteiger partial charge in [-0.05, 0) is 38.1 Å². The molecule has 0 aliphatic carbocycles. The largest absolute Gasteiger partial charge is 0.493 e. The van der Waals surface area contributed by atoms with Gasteiger partial charge in [0, 0.05) is 6.07 Å². The lowest BCUT2D eigenvalue weighted by molar-refractivity contribution is -0.383. The Kier molecular flexibility index (Phi) is 6.91. The number of rotatable bonds is 8. The van der Waals surface area contributed by atoms with Crippen LogP contribution in [-0.2, 0) is 9.53 Å². The second-order valence-corrected chi connectivity index (χ2v) is 5.61. The van der Waals surface area contributed by atoms with Crippen LogP contribution in [0.5, 0.6) is 11.5 Å². The van der Waals surface area contributed by atoms with E-state index in [2.05, 4.69) is 5.32 Å². The number of carbonyl (C=O) groups is 2. The molecule has 0 unspecified atom stereocenters. The molecule has 0 aliphatic heterocycles. The number of nitro groups is 1. The van der Waals surface area contributed by atoms with Crippen LogP contribution in [0.2, 0.25) is 0 Å². The Balaban J connectivity index is 2.08. The summed E-state index contributed by atoms with van der Waals surface area (Å²) in [6, 6.07) is 10.2. The van der Waals surface area contributed by atoms with Crippen LogP contribution >= 0.6 is 0 Å². The number of hydrogen-bond donors (Lipinski definition) is 1. The number of esters is 1. The van der Waals surface area contributed by atoms with E-state index < -0.39 is 22.9 Å². The third kappa shape index (κ3) is 4.97. The molecule has 2 rings (SSSR count). The predicted molar refractivity (Wildman–Crippen MR) is 101 cm³/mol. The highest BCUT2D eigenvalue weighted by molar-refractivity contribution is 5.98. The van der Waals surface area contributed by atoms with Gasteiger partial charge in [0.25, 0.3) is 11.6 Å². The molecule has 0 heterocycles. The van der Waals surface area contributed by atoms with E-state index in [1.807, 2.05) is 6.92 Å². The molecule has 9 heteroatoms. The molecule has 0 aliphatic rings. The summed E-state index contributed by atoms with van der Waals surface area (Å²) in [5.74, 6) is -0.607. The fourth-order valence-corrected chi connectivity index (χ4v) is 2.32. The Hall–Kier alpha value is -3.62. The van der Waals surface area contributed by atoms with E-state index in [0.29, 0.717) is 18.1 Å². The zero-order valence-electron chi connectivity index (χ0n) is 15.6. The molecule has 2 aromatic carbocycles. The molecular weight excluding hydrogens is 368 g/mol. The van der Waals surface area contributed by atoms with E-state index in [4.69, 9.17) is 14.2 Å². The van der Waals surface area contributed by atoms with Gasteiger partial charge in [0.15, 0.2) is 17.6 Å². The van der Waals surface area contributed by atoms with Crippen molar-refractivity contribution in [1.82, 2.24) is 0 Å². The first-order valence-electron chi connectivity index (χ1n) is 8.43. The summed E-state index contributed by atoms with van der Waals surface area (Å²) in [6.07, 6.45) is -1.18. The first-order chi connectivity index (χ1) is 13.4. The summed E-state index contributed by atoms with van der Waals surface area (Å²) in [5.41, 5.74) is -0.0700. The van der Waals surface area contributed by atoms with E-state index in [-0.39, 0.29) is 16.9 Å². The predicted octanol–water partition coefficient (Wildman–Crippen LogP) is 3.19. The molecule has 1 amide bonds. The zero-order valence-corrected chi connectivity index (χ0v) is 15.6. The van der Waals surface area contributed by atoms with Gasteiger partial charge in [-0.3, -0.25) is 14.9 Å². The molecule has 2 aromatic rings. The SMILES string of the molecule is CCOc1ccc(C(=O)O[C@@H](C)C(=O)Nc2ccccc2[N+](=O)[O-])cc1OC. The fourth-order valence-electron chi connectivity index (χ4n) is 2.32. The molecule has 0 fully saturated rings. The second kappa shape index (κ2) is 9.36. The third-order valence-electron chi connectivity index (χ3n) is 3.71. The number of nitrogens with zero attached hydrogens (tertiary/aromatic N) is 1. The zero-order chi connectivity index (χ0) is 20.7. The van der Waals surface area contributed by atoms with Crippen LogP contribution in [0.25, 0.3) is 0 Å². The van der Waals surface area contributed by atoms with Crippen LogP contribution in [-0.4, -0.2) is 36.6 Å². The van der Waals surface area contributed by atoms with E-state index in [9.17, 15) is 19.7 Å². The van der Waals surface area contributed by atoms with Gasteiger partial charge in [0.2, 0.25) is 0 Å². The van der Waals surface area contributed by atoms with Crippen molar-refractivity contribution in [2.45, 2.75) is 20.0 Å². The highest BCUT2D eigenvalue weighted by atomic mass is 16.6. The van der Waals surface area contributed by atoms with Crippen LogP contribution in [0, 0.1) is 10.1 Å². The molecule has 1 N–H and O–H groups in total. The number of hydrogen-bond acceptors (Lipinski definition) is 7. The average molecular weight is 388 g/mol. The standard InChI is InChI=1S/C19H20N2O7/c1-4-27-16-10-9-13(11-17(16)26-3)19(23)28-12(2)18(22)20-14-7-5-6-8-15(14)21(24)25/h5-12H,4H2,1-3H3,(H,20,22)/t12-/m0/s1. The van der Waals surface area contributed by atoms with Crippen molar-refractivity contribution < 1.29 is 28.7 Å². The highest BCUT2D eigenvalue weighted by Crippen LogP contribution is 2.28. The lowest BCUT2D eigenvalue weighted by Gasteiger charge is -2.15. The molecule has 0 aromatic heterocycles. The van der Waals surface area contributed by atoms with Gasteiger partial charge in [-0.15, -0.1) is 0 Å². The molecule has 0 spiro atoms. The van der Waals surface area contributed by atoms with Gasteiger partial charge in [0.1, 0.15) is 5.69 Å². The second-order valence-electron chi connectivity index (χ2n) is 5.61. The monoisotopic (exact) mass is 388 g/mol. The average Bonchev–Trinajstić information content (AvgIpc) is 2.68. The molecular formula is C19H20N2O7. The van der Waals surface area contributed by atoms with Gasteiger partial charge < -0.3 is 19.5 Å². The van der Waals surface area contributed by atoms with Gasteiger partial charge in [0.05, 0.1) is 24.2 Å². The van der Waals surface area contributed by atoms with Crippen molar-refractivity contribution in [2.75, 3.05) is 19.0 Å². The summed E-state index contributed by atoms with van der Waals surface area (Å²) < 4.78 is 15.7. The molecule has 148 valence electrons. The number of carbonyl (C=O) groups excluding carboxylic acids is 2. The Morgan fingerprint density at radius 2 is 1.89 bits per heavy atom. The number of nitro benzene ring substituents is 1. The van der Waals surface area contributed by atoms with E-state index in [1.54, 1.807) is 12.1 Å². The van der Waals surface area contributed by atoms with Crippen molar-refractivity contribution in [1.29, 1.82) is 0 Å². The number of ether oxygens (including phenoxy) is 3. The molecule has 1 atom stereocenters. The van der Waals surface area contributed by atoms with Gasteiger partial charge in [-0.25, -0.2) is 4.79 Å². The minimum Gasteiger partial charge on any atom is -0.493 e. The summed E-state index contributed by atoms with van der Waals surface area (Å²) >= 11 is 0. The first-order valence-corrected chi connectivity index (χ1v) is 8.43. The summed E-state index contributed by atoms with van der Waals surface area (Å²) in [4.78, 5) is 35.0. The molecule has 9 nitrogen and oxygen atoms in total. The number of amides is 1. The topological polar surface area (TPSA) is 117 Å². The minimum absolute atomic E-state index is 0.0168. The lowest BCUT2D eigenvalue weighted by atomic mass is 10.2. The smallest absolute Gasteiger partial charge is 0.339 e. The molecule has 28 heavy (non-hydrogen) atoms. The molecule has 0 saturated carbocycles. The van der Waals surface area contributed by atoms with Crippen molar-refractivity contribution in [3.63, 3.8) is 0 Å². The van der Waals surface area contributed by atoms with Gasteiger partial charge in [-0.1, -0.05) is 12.1 Å². The Labute approximate surface area is 161 Å².